The van der Waals surface area contributed by atoms with Gasteiger partial charge in [-0.05, 0) is 55.2 Å². The molecule has 0 aromatic heterocycles. The molecule has 2 aromatic rings. The number of benzene rings is 2. The van der Waals surface area contributed by atoms with Gasteiger partial charge in [0.05, 0.1) is 4.90 Å². The van der Waals surface area contributed by atoms with Gasteiger partial charge in [-0.1, -0.05) is 39.0 Å². The molecule has 2 aromatic carbocycles. The lowest BCUT2D eigenvalue weighted by molar-refractivity contribution is 0.102. The summed E-state index contributed by atoms with van der Waals surface area (Å²) < 4.78 is 27.1. The number of amides is 1. The molecule has 0 unspecified atom stereocenters. The molecule has 27 heavy (non-hydrogen) atoms. The van der Waals surface area contributed by atoms with Crippen LogP contribution in [-0.4, -0.2) is 31.7 Å². The summed E-state index contributed by atoms with van der Waals surface area (Å²) in [4.78, 5) is 12.7. The number of rotatable bonds is 9. The largest absolute Gasteiger partial charge is 0.322 e. The highest BCUT2D eigenvalue weighted by Crippen LogP contribution is 2.19. The van der Waals surface area contributed by atoms with Crippen molar-refractivity contribution in [2.24, 2.45) is 0 Å². The van der Waals surface area contributed by atoms with E-state index in [1.54, 1.807) is 12.1 Å². The highest BCUT2D eigenvalue weighted by molar-refractivity contribution is 7.89. The van der Waals surface area contributed by atoms with E-state index in [2.05, 4.69) is 5.32 Å². The SMILES string of the molecule is CCCN(CCC)S(=O)(=O)c1ccc(C(=O)Nc2ccccc2CC)cc1. The third kappa shape index (κ3) is 5.17. The number of para-hydroxylation sites is 1. The first kappa shape index (κ1) is 21.1. The lowest BCUT2D eigenvalue weighted by Crippen LogP contribution is -2.32. The van der Waals surface area contributed by atoms with E-state index in [1.165, 1.54) is 16.4 Å². The molecule has 0 aliphatic rings. The number of carbonyl (C=O) groups is 1. The second-order valence-corrected chi connectivity index (χ2v) is 8.33. The Morgan fingerprint density at radius 1 is 0.926 bits per heavy atom. The number of hydrogen-bond acceptors (Lipinski definition) is 3. The van der Waals surface area contributed by atoms with Crippen LogP contribution in [0.4, 0.5) is 5.69 Å². The molecule has 2 rings (SSSR count). The molecule has 0 bridgehead atoms. The van der Waals surface area contributed by atoms with Crippen molar-refractivity contribution in [3.63, 3.8) is 0 Å². The highest BCUT2D eigenvalue weighted by atomic mass is 32.2. The minimum Gasteiger partial charge on any atom is -0.322 e. The highest BCUT2D eigenvalue weighted by Gasteiger charge is 2.23. The first-order valence-corrected chi connectivity index (χ1v) is 10.9. The van der Waals surface area contributed by atoms with E-state index in [0.717, 1.165) is 30.5 Å². The second kappa shape index (κ2) is 9.67. The summed E-state index contributed by atoms with van der Waals surface area (Å²) in [5.41, 5.74) is 2.26. The van der Waals surface area contributed by atoms with Crippen molar-refractivity contribution in [2.45, 2.75) is 44.9 Å². The molecule has 0 radical (unpaired) electrons. The smallest absolute Gasteiger partial charge is 0.255 e. The van der Waals surface area contributed by atoms with Gasteiger partial charge in [-0.2, -0.15) is 4.31 Å². The molecule has 0 saturated carbocycles. The van der Waals surface area contributed by atoms with E-state index in [9.17, 15) is 13.2 Å². The summed E-state index contributed by atoms with van der Waals surface area (Å²) in [5, 5.41) is 2.90. The van der Waals surface area contributed by atoms with Crippen LogP contribution in [0.3, 0.4) is 0 Å². The first-order valence-electron chi connectivity index (χ1n) is 9.43. The quantitative estimate of drug-likeness (QED) is 0.696. The molecule has 0 saturated heterocycles. The van der Waals surface area contributed by atoms with Crippen molar-refractivity contribution in [2.75, 3.05) is 18.4 Å². The van der Waals surface area contributed by atoms with E-state index >= 15 is 0 Å². The lowest BCUT2D eigenvalue weighted by atomic mass is 10.1. The predicted molar refractivity (Wildman–Crippen MR) is 110 cm³/mol. The topological polar surface area (TPSA) is 66.5 Å². The monoisotopic (exact) mass is 388 g/mol. The molecule has 0 aliphatic carbocycles. The lowest BCUT2D eigenvalue weighted by Gasteiger charge is -2.21. The van der Waals surface area contributed by atoms with Crippen LogP contribution < -0.4 is 5.32 Å². The average Bonchev–Trinajstić information content (AvgIpc) is 2.68. The molecule has 1 N–H and O–H groups in total. The zero-order chi connectivity index (χ0) is 19.9. The molecular weight excluding hydrogens is 360 g/mol. The Labute approximate surface area is 162 Å². The van der Waals surface area contributed by atoms with Gasteiger partial charge in [0.25, 0.3) is 5.91 Å². The zero-order valence-electron chi connectivity index (χ0n) is 16.2. The molecule has 1 amide bonds. The normalized spacial score (nSPS) is 11.6. The predicted octanol–water partition coefficient (Wildman–Crippen LogP) is 4.31. The summed E-state index contributed by atoms with van der Waals surface area (Å²) in [5.74, 6) is -0.251. The Balaban J connectivity index is 2.19. The van der Waals surface area contributed by atoms with Crippen LogP contribution in [0.25, 0.3) is 0 Å². The van der Waals surface area contributed by atoms with Gasteiger partial charge >= 0.3 is 0 Å². The average molecular weight is 389 g/mol. The van der Waals surface area contributed by atoms with Crippen LogP contribution in [-0.2, 0) is 16.4 Å². The maximum Gasteiger partial charge on any atom is 0.255 e. The third-order valence-corrected chi connectivity index (χ3v) is 6.26. The van der Waals surface area contributed by atoms with Crippen molar-refractivity contribution < 1.29 is 13.2 Å². The number of nitrogens with zero attached hydrogens (tertiary/aromatic N) is 1. The molecule has 6 heteroatoms. The second-order valence-electron chi connectivity index (χ2n) is 6.39. The van der Waals surface area contributed by atoms with Gasteiger partial charge < -0.3 is 5.32 Å². The fraction of sp³-hybridized carbons (Fsp3) is 0.381. The molecule has 146 valence electrons. The number of anilines is 1. The molecule has 5 nitrogen and oxygen atoms in total. The number of hydrogen-bond donors (Lipinski definition) is 1. The fourth-order valence-corrected chi connectivity index (χ4v) is 4.55. The van der Waals surface area contributed by atoms with Crippen LogP contribution in [0, 0.1) is 0 Å². The van der Waals surface area contributed by atoms with Gasteiger partial charge in [-0.25, -0.2) is 8.42 Å². The summed E-state index contributed by atoms with van der Waals surface area (Å²) in [6.45, 7) is 6.93. The van der Waals surface area contributed by atoms with E-state index in [0.29, 0.717) is 18.7 Å². The van der Waals surface area contributed by atoms with Gasteiger partial charge in [0.2, 0.25) is 10.0 Å². The van der Waals surface area contributed by atoms with Crippen molar-refractivity contribution in [3.8, 4) is 0 Å². The van der Waals surface area contributed by atoms with Crippen LogP contribution >= 0.6 is 0 Å². The van der Waals surface area contributed by atoms with Crippen LogP contribution in [0.2, 0.25) is 0 Å². The summed E-state index contributed by atoms with van der Waals surface area (Å²) in [6, 6.07) is 13.8. The summed E-state index contributed by atoms with van der Waals surface area (Å²) >= 11 is 0. The van der Waals surface area contributed by atoms with Gasteiger partial charge in [0.15, 0.2) is 0 Å². The van der Waals surface area contributed by atoms with Crippen molar-refractivity contribution in [1.29, 1.82) is 0 Å². The minimum atomic E-state index is -3.54. The Morgan fingerprint density at radius 3 is 2.07 bits per heavy atom. The number of aryl methyl sites for hydroxylation is 1. The summed E-state index contributed by atoms with van der Waals surface area (Å²) in [6.07, 6.45) is 2.34. The molecule has 0 fully saturated rings. The van der Waals surface area contributed by atoms with E-state index in [4.69, 9.17) is 0 Å². The number of nitrogens with one attached hydrogen (secondary N) is 1. The van der Waals surface area contributed by atoms with Crippen LogP contribution in [0.15, 0.2) is 53.4 Å². The number of carbonyl (C=O) groups excluding carboxylic acids is 1. The molecule has 0 atom stereocenters. The van der Waals surface area contributed by atoms with Crippen LogP contribution in [0.5, 0.6) is 0 Å². The van der Waals surface area contributed by atoms with Crippen molar-refractivity contribution in [3.05, 3.63) is 59.7 Å². The van der Waals surface area contributed by atoms with Crippen molar-refractivity contribution >= 4 is 21.6 Å². The molecule has 0 spiro atoms. The van der Waals surface area contributed by atoms with E-state index in [1.807, 2.05) is 45.0 Å². The van der Waals surface area contributed by atoms with Gasteiger partial charge in [0.1, 0.15) is 0 Å². The number of sulfonamides is 1. The van der Waals surface area contributed by atoms with E-state index < -0.39 is 10.0 Å². The Bertz CT molecular complexity index is 855. The molecule has 0 heterocycles. The van der Waals surface area contributed by atoms with Gasteiger partial charge in [-0.3, -0.25) is 4.79 Å². The zero-order valence-corrected chi connectivity index (χ0v) is 17.1. The van der Waals surface area contributed by atoms with Crippen LogP contribution in [0.1, 0.15) is 49.5 Å². The van der Waals surface area contributed by atoms with Gasteiger partial charge in [-0.15, -0.1) is 0 Å². The summed E-state index contributed by atoms with van der Waals surface area (Å²) in [7, 11) is -3.54. The Hall–Kier alpha value is -2.18. The Morgan fingerprint density at radius 2 is 1.52 bits per heavy atom. The standard InChI is InChI=1S/C21H28N2O3S/c1-4-15-23(16-5-2)27(25,26)19-13-11-18(12-14-19)21(24)22-20-10-8-7-9-17(20)6-3/h7-14H,4-6,15-16H2,1-3H3,(H,22,24). The van der Waals surface area contributed by atoms with Crippen molar-refractivity contribution in [1.82, 2.24) is 4.31 Å². The van der Waals surface area contributed by atoms with E-state index in [-0.39, 0.29) is 10.8 Å². The third-order valence-electron chi connectivity index (χ3n) is 4.35. The Kier molecular flexibility index (Phi) is 7.56. The fourth-order valence-electron chi connectivity index (χ4n) is 2.92. The van der Waals surface area contributed by atoms with Gasteiger partial charge in [0, 0.05) is 24.3 Å². The molecule has 0 aliphatic heterocycles. The minimum absolute atomic E-state index is 0.218. The molecular formula is C21H28N2O3S. The first-order chi connectivity index (χ1) is 12.9. The maximum atomic E-state index is 12.8. The maximum absolute atomic E-state index is 12.8.